The van der Waals surface area contributed by atoms with Crippen molar-refractivity contribution >= 4 is 11.6 Å². The van der Waals surface area contributed by atoms with Crippen molar-refractivity contribution < 1.29 is 0 Å². The standard InChI is InChI=1S/C20H21N5/c1-25(14-11-16-9-5-6-12-21-16)20-17-10-13-22-19(17)23-18(24-20)15-7-3-2-4-8-15/h2-9,12H,10-11,13-14H2,1H3,(H,22,23,24). The highest BCUT2D eigenvalue weighted by Crippen LogP contribution is 2.31. The number of hydrogen-bond donors (Lipinski definition) is 1. The Labute approximate surface area is 147 Å². The number of nitrogens with one attached hydrogen (secondary N) is 1. The minimum Gasteiger partial charge on any atom is -0.369 e. The molecule has 0 saturated carbocycles. The number of benzene rings is 1. The molecule has 0 radical (unpaired) electrons. The van der Waals surface area contributed by atoms with Crippen LogP contribution in [0.1, 0.15) is 11.3 Å². The molecule has 0 amide bonds. The average molecular weight is 331 g/mol. The van der Waals surface area contributed by atoms with Crippen molar-refractivity contribution in [3.8, 4) is 11.4 Å². The van der Waals surface area contributed by atoms with Crippen molar-refractivity contribution in [3.05, 3.63) is 66.0 Å². The predicted octanol–water partition coefficient (Wildman–Crippen LogP) is 3.19. The molecule has 1 aliphatic heterocycles. The van der Waals surface area contributed by atoms with Gasteiger partial charge in [0.05, 0.1) is 0 Å². The summed E-state index contributed by atoms with van der Waals surface area (Å²) in [7, 11) is 2.10. The number of nitrogens with zero attached hydrogens (tertiary/aromatic N) is 4. The lowest BCUT2D eigenvalue weighted by Gasteiger charge is -2.21. The Balaban J connectivity index is 1.63. The van der Waals surface area contributed by atoms with Gasteiger partial charge in [0.15, 0.2) is 5.82 Å². The maximum Gasteiger partial charge on any atom is 0.163 e. The highest BCUT2D eigenvalue weighted by atomic mass is 15.2. The van der Waals surface area contributed by atoms with Crippen molar-refractivity contribution in [3.63, 3.8) is 0 Å². The normalized spacial score (nSPS) is 12.5. The lowest BCUT2D eigenvalue weighted by atomic mass is 10.2. The van der Waals surface area contributed by atoms with Gasteiger partial charge in [-0.15, -0.1) is 0 Å². The Morgan fingerprint density at radius 3 is 2.68 bits per heavy atom. The van der Waals surface area contributed by atoms with Gasteiger partial charge in [0.25, 0.3) is 0 Å². The fraction of sp³-hybridized carbons (Fsp3) is 0.250. The number of fused-ring (bicyclic) bond motifs is 1. The van der Waals surface area contributed by atoms with Crippen LogP contribution in [0.3, 0.4) is 0 Å². The van der Waals surface area contributed by atoms with Gasteiger partial charge >= 0.3 is 0 Å². The van der Waals surface area contributed by atoms with E-state index in [1.807, 2.05) is 48.7 Å². The van der Waals surface area contributed by atoms with Crippen LogP contribution < -0.4 is 10.2 Å². The van der Waals surface area contributed by atoms with Crippen molar-refractivity contribution in [2.24, 2.45) is 0 Å². The Bertz CT molecular complexity index is 849. The van der Waals surface area contributed by atoms with Crippen molar-refractivity contribution in [2.45, 2.75) is 12.8 Å². The SMILES string of the molecule is CN(CCc1ccccn1)c1nc(-c2ccccc2)nc2c1CCN2. The van der Waals surface area contributed by atoms with Crippen LogP contribution in [-0.4, -0.2) is 35.1 Å². The van der Waals surface area contributed by atoms with E-state index in [-0.39, 0.29) is 0 Å². The maximum atomic E-state index is 4.88. The summed E-state index contributed by atoms with van der Waals surface area (Å²) in [6, 6.07) is 16.2. The molecule has 1 N–H and O–H groups in total. The van der Waals surface area contributed by atoms with Gasteiger partial charge in [-0.25, -0.2) is 9.97 Å². The molecule has 0 fully saturated rings. The van der Waals surface area contributed by atoms with Gasteiger partial charge in [0.2, 0.25) is 0 Å². The van der Waals surface area contributed by atoms with Crippen molar-refractivity contribution in [1.82, 2.24) is 15.0 Å². The minimum atomic E-state index is 0.772. The van der Waals surface area contributed by atoms with Crippen LogP contribution in [-0.2, 0) is 12.8 Å². The smallest absolute Gasteiger partial charge is 0.163 e. The van der Waals surface area contributed by atoms with Crippen LogP contribution in [0.5, 0.6) is 0 Å². The number of hydrogen-bond acceptors (Lipinski definition) is 5. The average Bonchev–Trinajstić information content (AvgIpc) is 3.15. The molecule has 25 heavy (non-hydrogen) atoms. The predicted molar refractivity (Wildman–Crippen MR) is 101 cm³/mol. The van der Waals surface area contributed by atoms with Gasteiger partial charge in [0.1, 0.15) is 11.6 Å². The first kappa shape index (κ1) is 15.6. The molecule has 3 heterocycles. The quantitative estimate of drug-likeness (QED) is 0.778. The van der Waals surface area contributed by atoms with Crippen LogP contribution in [0.15, 0.2) is 54.7 Å². The van der Waals surface area contributed by atoms with Crippen LogP contribution in [0, 0.1) is 0 Å². The van der Waals surface area contributed by atoms with Crippen LogP contribution in [0.2, 0.25) is 0 Å². The molecule has 0 unspecified atom stereocenters. The number of anilines is 2. The van der Waals surface area contributed by atoms with Gasteiger partial charge in [0, 0.05) is 49.6 Å². The lowest BCUT2D eigenvalue weighted by Crippen LogP contribution is -2.23. The maximum absolute atomic E-state index is 4.88. The molecule has 0 atom stereocenters. The van der Waals surface area contributed by atoms with E-state index in [1.165, 1.54) is 5.56 Å². The highest BCUT2D eigenvalue weighted by molar-refractivity contribution is 5.68. The molecule has 1 aromatic carbocycles. The molecule has 5 nitrogen and oxygen atoms in total. The molecule has 3 aromatic rings. The fourth-order valence-electron chi connectivity index (χ4n) is 3.12. The Morgan fingerprint density at radius 1 is 1.04 bits per heavy atom. The monoisotopic (exact) mass is 331 g/mol. The zero-order valence-electron chi connectivity index (χ0n) is 14.3. The molecular weight excluding hydrogens is 310 g/mol. The van der Waals surface area contributed by atoms with E-state index in [2.05, 4.69) is 28.3 Å². The fourth-order valence-corrected chi connectivity index (χ4v) is 3.12. The third kappa shape index (κ3) is 3.31. The molecule has 0 spiro atoms. The summed E-state index contributed by atoms with van der Waals surface area (Å²) < 4.78 is 0. The molecule has 2 aromatic heterocycles. The van der Waals surface area contributed by atoms with E-state index < -0.39 is 0 Å². The molecular formula is C20H21N5. The summed E-state index contributed by atoms with van der Waals surface area (Å²) in [4.78, 5) is 16.2. The summed E-state index contributed by atoms with van der Waals surface area (Å²) in [5.74, 6) is 2.76. The second kappa shape index (κ2) is 6.89. The van der Waals surface area contributed by atoms with Gasteiger partial charge < -0.3 is 10.2 Å². The summed E-state index contributed by atoms with van der Waals surface area (Å²) in [5, 5.41) is 3.39. The molecule has 1 aliphatic rings. The van der Waals surface area contributed by atoms with E-state index >= 15 is 0 Å². The summed E-state index contributed by atoms with van der Waals surface area (Å²) in [6.45, 7) is 1.79. The second-order valence-corrected chi connectivity index (χ2v) is 6.23. The molecule has 0 bridgehead atoms. The minimum absolute atomic E-state index is 0.772. The number of rotatable bonds is 5. The Kier molecular flexibility index (Phi) is 4.29. The van der Waals surface area contributed by atoms with Crippen molar-refractivity contribution in [1.29, 1.82) is 0 Å². The first-order valence-electron chi connectivity index (χ1n) is 8.62. The van der Waals surface area contributed by atoms with E-state index in [1.54, 1.807) is 0 Å². The lowest BCUT2D eigenvalue weighted by molar-refractivity contribution is 0.830. The van der Waals surface area contributed by atoms with Crippen LogP contribution in [0.25, 0.3) is 11.4 Å². The molecule has 4 rings (SSSR count). The third-order valence-corrected chi connectivity index (χ3v) is 4.48. The van der Waals surface area contributed by atoms with Gasteiger partial charge in [-0.2, -0.15) is 0 Å². The van der Waals surface area contributed by atoms with Gasteiger partial charge in [-0.3, -0.25) is 4.98 Å². The molecule has 0 aliphatic carbocycles. The van der Waals surface area contributed by atoms with Crippen LogP contribution in [0.4, 0.5) is 11.6 Å². The second-order valence-electron chi connectivity index (χ2n) is 6.23. The van der Waals surface area contributed by atoms with E-state index in [0.29, 0.717) is 0 Å². The summed E-state index contributed by atoms with van der Waals surface area (Å²) in [6.07, 6.45) is 3.70. The van der Waals surface area contributed by atoms with E-state index in [4.69, 9.17) is 9.97 Å². The first-order chi connectivity index (χ1) is 12.3. The van der Waals surface area contributed by atoms with Gasteiger partial charge in [-0.1, -0.05) is 36.4 Å². The largest absolute Gasteiger partial charge is 0.369 e. The Morgan fingerprint density at radius 2 is 1.88 bits per heavy atom. The van der Waals surface area contributed by atoms with Crippen LogP contribution >= 0.6 is 0 Å². The zero-order valence-corrected chi connectivity index (χ0v) is 14.3. The number of aromatic nitrogens is 3. The number of likely N-dealkylation sites (N-methyl/N-ethyl adjacent to an activating group) is 1. The highest BCUT2D eigenvalue weighted by Gasteiger charge is 2.21. The molecule has 126 valence electrons. The topological polar surface area (TPSA) is 53.9 Å². The first-order valence-corrected chi connectivity index (χ1v) is 8.62. The van der Waals surface area contributed by atoms with E-state index in [9.17, 15) is 0 Å². The third-order valence-electron chi connectivity index (χ3n) is 4.48. The van der Waals surface area contributed by atoms with E-state index in [0.717, 1.165) is 54.6 Å². The summed E-state index contributed by atoms with van der Waals surface area (Å²) in [5.41, 5.74) is 3.35. The molecule has 0 saturated heterocycles. The molecule has 5 heteroatoms. The van der Waals surface area contributed by atoms with Gasteiger partial charge in [-0.05, 0) is 18.6 Å². The number of pyridine rings is 1. The Hall–Kier alpha value is -2.95. The van der Waals surface area contributed by atoms with Crippen molar-refractivity contribution in [2.75, 3.05) is 30.4 Å². The zero-order chi connectivity index (χ0) is 17.1. The summed E-state index contributed by atoms with van der Waals surface area (Å²) >= 11 is 0.